The highest BCUT2D eigenvalue weighted by Crippen LogP contribution is 2.32. The van der Waals surface area contributed by atoms with Gasteiger partial charge < -0.3 is 10.2 Å². The van der Waals surface area contributed by atoms with Crippen molar-refractivity contribution in [2.45, 2.75) is 45.7 Å². The van der Waals surface area contributed by atoms with Crippen LogP contribution in [0.25, 0.3) is 0 Å². The van der Waals surface area contributed by atoms with E-state index in [0.717, 1.165) is 24.6 Å². The highest BCUT2D eigenvalue weighted by Gasteiger charge is 2.32. The molecule has 0 spiro atoms. The topological polar surface area (TPSA) is 28.2 Å². The Labute approximate surface area is 104 Å². The lowest BCUT2D eigenvalue weighted by molar-refractivity contribution is 0.514. The van der Waals surface area contributed by atoms with E-state index < -0.39 is 0 Å². The summed E-state index contributed by atoms with van der Waals surface area (Å²) < 4.78 is 0. The first-order chi connectivity index (χ1) is 8.04. The molecule has 0 saturated carbocycles. The minimum Gasteiger partial charge on any atom is -0.351 e. The molecule has 1 saturated heterocycles. The van der Waals surface area contributed by atoms with Crippen LogP contribution < -0.4 is 10.2 Å². The summed E-state index contributed by atoms with van der Waals surface area (Å²) >= 11 is 0. The van der Waals surface area contributed by atoms with Crippen molar-refractivity contribution in [3.8, 4) is 0 Å². The first kappa shape index (κ1) is 12.4. The highest BCUT2D eigenvalue weighted by atomic mass is 15.3. The minimum absolute atomic E-state index is 0.254. The second kappa shape index (κ2) is 4.65. The molecule has 2 heterocycles. The van der Waals surface area contributed by atoms with Crippen LogP contribution in [0.4, 0.5) is 5.82 Å². The molecule has 0 unspecified atom stereocenters. The van der Waals surface area contributed by atoms with Crippen LogP contribution in [0.3, 0.4) is 0 Å². The molecule has 0 aliphatic carbocycles. The van der Waals surface area contributed by atoms with Crippen LogP contribution in [0, 0.1) is 6.92 Å². The monoisotopic (exact) mass is 233 g/mol. The third kappa shape index (κ3) is 2.44. The molecule has 1 aliphatic heterocycles. The maximum atomic E-state index is 4.76. The zero-order chi connectivity index (χ0) is 12.5. The van der Waals surface area contributed by atoms with Crippen LogP contribution in [0.15, 0.2) is 12.1 Å². The zero-order valence-electron chi connectivity index (χ0n) is 11.4. The van der Waals surface area contributed by atoms with E-state index in [1.165, 1.54) is 18.4 Å². The van der Waals surface area contributed by atoms with Gasteiger partial charge in [-0.05, 0) is 52.3 Å². The molecule has 0 atom stereocenters. The van der Waals surface area contributed by atoms with Gasteiger partial charge in [0.1, 0.15) is 5.82 Å². The number of nitrogens with one attached hydrogen (secondary N) is 1. The number of pyridine rings is 1. The lowest BCUT2D eigenvalue weighted by Gasteiger charge is -2.33. The summed E-state index contributed by atoms with van der Waals surface area (Å²) in [5, 5.41) is 3.18. The van der Waals surface area contributed by atoms with Gasteiger partial charge in [0.05, 0.1) is 0 Å². The van der Waals surface area contributed by atoms with E-state index in [1.807, 2.05) is 7.05 Å². The first-order valence-electron chi connectivity index (χ1n) is 6.43. The smallest absolute Gasteiger partial charge is 0.129 e. The number of nitrogens with zero attached hydrogens (tertiary/aromatic N) is 2. The van der Waals surface area contributed by atoms with E-state index in [4.69, 9.17) is 4.98 Å². The van der Waals surface area contributed by atoms with Crippen molar-refractivity contribution >= 4 is 5.82 Å². The van der Waals surface area contributed by atoms with Crippen molar-refractivity contribution < 1.29 is 0 Å². The van der Waals surface area contributed by atoms with E-state index in [0.29, 0.717) is 0 Å². The average Bonchev–Trinajstić information content (AvgIpc) is 2.61. The second-order valence-corrected chi connectivity index (χ2v) is 5.51. The molecule has 0 radical (unpaired) electrons. The van der Waals surface area contributed by atoms with E-state index in [-0.39, 0.29) is 5.54 Å². The summed E-state index contributed by atoms with van der Waals surface area (Å²) in [5.74, 6) is 1.13. The lowest BCUT2D eigenvalue weighted by atomic mass is 10.0. The number of anilines is 1. The standard InChI is InChI=1S/C14H23N3/c1-11-12(10-15-4)6-7-13(16-11)17-9-5-8-14(17,2)3/h6-7,15H,5,8-10H2,1-4H3. The van der Waals surface area contributed by atoms with Gasteiger partial charge in [-0.25, -0.2) is 4.98 Å². The molecule has 94 valence electrons. The van der Waals surface area contributed by atoms with Gasteiger partial charge in [0, 0.05) is 24.3 Å². The Morgan fingerprint density at radius 2 is 2.18 bits per heavy atom. The Bertz CT molecular complexity index is 398. The van der Waals surface area contributed by atoms with Gasteiger partial charge in [0.2, 0.25) is 0 Å². The third-order valence-electron chi connectivity index (χ3n) is 3.73. The van der Waals surface area contributed by atoms with Crippen LogP contribution in [0.2, 0.25) is 0 Å². The molecule has 0 bridgehead atoms. The minimum atomic E-state index is 0.254. The maximum Gasteiger partial charge on any atom is 0.129 e. The largest absolute Gasteiger partial charge is 0.351 e. The van der Waals surface area contributed by atoms with Gasteiger partial charge in [-0.15, -0.1) is 0 Å². The Hall–Kier alpha value is -1.09. The number of aromatic nitrogens is 1. The Morgan fingerprint density at radius 3 is 2.71 bits per heavy atom. The molecule has 17 heavy (non-hydrogen) atoms. The van der Waals surface area contributed by atoms with E-state index in [1.54, 1.807) is 0 Å². The van der Waals surface area contributed by atoms with E-state index in [2.05, 4.69) is 43.1 Å². The van der Waals surface area contributed by atoms with Crippen LogP contribution in [0.1, 0.15) is 37.9 Å². The molecule has 1 fully saturated rings. The Kier molecular flexibility index (Phi) is 3.38. The fraction of sp³-hybridized carbons (Fsp3) is 0.643. The summed E-state index contributed by atoms with van der Waals surface area (Å²) in [4.78, 5) is 7.19. The Balaban J connectivity index is 2.25. The molecule has 1 aliphatic rings. The molecule has 1 aromatic heterocycles. The predicted octanol–water partition coefficient (Wildman–Crippen LogP) is 2.49. The van der Waals surface area contributed by atoms with Crippen molar-refractivity contribution in [1.82, 2.24) is 10.3 Å². The average molecular weight is 233 g/mol. The number of rotatable bonds is 3. The molecule has 3 nitrogen and oxygen atoms in total. The molecule has 1 N–H and O–H groups in total. The van der Waals surface area contributed by atoms with E-state index >= 15 is 0 Å². The van der Waals surface area contributed by atoms with Crippen LogP contribution in [-0.4, -0.2) is 24.1 Å². The first-order valence-corrected chi connectivity index (χ1v) is 6.43. The van der Waals surface area contributed by atoms with Gasteiger partial charge in [0.15, 0.2) is 0 Å². The van der Waals surface area contributed by atoms with Crippen molar-refractivity contribution in [2.24, 2.45) is 0 Å². The Morgan fingerprint density at radius 1 is 1.41 bits per heavy atom. The number of hydrogen-bond donors (Lipinski definition) is 1. The predicted molar refractivity (Wildman–Crippen MR) is 72.4 cm³/mol. The quantitative estimate of drug-likeness (QED) is 0.869. The maximum absolute atomic E-state index is 4.76. The van der Waals surface area contributed by atoms with Crippen molar-refractivity contribution in [2.75, 3.05) is 18.5 Å². The number of aryl methyl sites for hydroxylation is 1. The molecular formula is C14H23N3. The van der Waals surface area contributed by atoms with E-state index in [9.17, 15) is 0 Å². The summed E-state index contributed by atoms with van der Waals surface area (Å²) in [6.45, 7) is 8.73. The van der Waals surface area contributed by atoms with Crippen LogP contribution in [-0.2, 0) is 6.54 Å². The normalized spacial score (nSPS) is 18.7. The van der Waals surface area contributed by atoms with Gasteiger partial charge in [-0.1, -0.05) is 6.07 Å². The van der Waals surface area contributed by atoms with Crippen LogP contribution in [0.5, 0.6) is 0 Å². The summed E-state index contributed by atoms with van der Waals surface area (Å²) in [5.41, 5.74) is 2.68. The van der Waals surface area contributed by atoms with Crippen LogP contribution >= 0.6 is 0 Å². The van der Waals surface area contributed by atoms with Gasteiger partial charge in [0.25, 0.3) is 0 Å². The summed E-state index contributed by atoms with van der Waals surface area (Å²) in [6, 6.07) is 4.36. The summed E-state index contributed by atoms with van der Waals surface area (Å²) in [7, 11) is 1.97. The molecule has 0 amide bonds. The van der Waals surface area contributed by atoms with Crippen molar-refractivity contribution in [1.29, 1.82) is 0 Å². The van der Waals surface area contributed by atoms with Crippen molar-refractivity contribution in [3.63, 3.8) is 0 Å². The SMILES string of the molecule is CNCc1ccc(N2CCCC2(C)C)nc1C. The molecule has 0 aromatic carbocycles. The third-order valence-corrected chi connectivity index (χ3v) is 3.73. The molecule has 3 heteroatoms. The number of hydrogen-bond acceptors (Lipinski definition) is 3. The molecule has 2 rings (SSSR count). The fourth-order valence-corrected chi connectivity index (χ4v) is 2.64. The lowest BCUT2D eigenvalue weighted by Crippen LogP contribution is -2.38. The second-order valence-electron chi connectivity index (χ2n) is 5.51. The zero-order valence-corrected chi connectivity index (χ0v) is 11.4. The fourth-order valence-electron chi connectivity index (χ4n) is 2.64. The molecule has 1 aromatic rings. The highest BCUT2D eigenvalue weighted by molar-refractivity contribution is 5.45. The van der Waals surface area contributed by atoms with Gasteiger partial charge in [-0.2, -0.15) is 0 Å². The molecular weight excluding hydrogens is 210 g/mol. The summed E-state index contributed by atoms with van der Waals surface area (Å²) in [6.07, 6.45) is 2.53. The van der Waals surface area contributed by atoms with Gasteiger partial charge in [-0.3, -0.25) is 0 Å². The van der Waals surface area contributed by atoms with Gasteiger partial charge >= 0.3 is 0 Å². The van der Waals surface area contributed by atoms with Crippen molar-refractivity contribution in [3.05, 3.63) is 23.4 Å².